The van der Waals surface area contributed by atoms with Gasteiger partial charge in [-0.05, 0) is 61.1 Å². The fourth-order valence-corrected chi connectivity index (χ4v) is 6.42. The number of alkyl carbamates (subject to hydrolysis) is 1. The molecule has 222 valence electrons. The zero-order chi connectivity index (χ0) is 29.2. The van der Waals surface area contributed by atoms with Crippen molar-refractivity contribution in [3.05, 3.63) is 60.2 Å². The number of carbonyl (C=O) groups excluding carboxylic acids is 1. The van der Waals surface area contributed by atoms with Crippen LogP contribution >= 0.6 is 0 Å². The first-order valence-electron chi connectivity index (χ1n) is 13.8. The third kappa shape index (κ3) is 9.74. The van der Waals surface area contributed by atoms with Crippen LogP contribution in [-0.2, 0) is 25.9 Å². The van der Waals surface area contributed by atoms with Gasteiger partial charge in [0, 0.05) is 25.2 Å². The van der Waals surface area contributed by atoms with Crippen LogP contribution in [0.3, 0.4) is 0 Å². The molecule has 1 amide bonds. The summed E-state index contributed by atoms with van der Waals surface area (Å²) < 4.78 is 39.8. The molecule has 1 heterocycles. The van der Waals surface area contributed by atoms with Gasteiger partial charge in [0.15, 0.2) is 0 Å². The van der Waals surface area contributed by atoms with Gasteiger partial charge in [-0.3, -0.25) is 0 Å². The number of aliphatic hydroxyl groups is 1. The third-order valence-electron chi connectivity index (χ3n) is 7.05. The fraction of sp³-hybridized carbons (Fsp3) is 0.552. The zero-order valence-corrected chi connectivity index (χ0v) is 24.3. The highest BCUT2D eigenvalue weighted by molar-refractivity contribution is 7.89. The Morgan fingerprint density at radius 1 is 1.18 bits per heavy atom. The molecule has 11 heteroatoms. The second-order valence-corrected chi connectivity index (χ2v) is 13.1. The van der Waals surface area contributed by atoms with Crippen LogP contribution in [0.2, 0.25) is 0 Å². The topological polar surface area (TPSA) is 157 Å². The summed E-state index contributed by atoms with van der Waals surface area (Å²) in [5.41, 5.74) is 12.4. The molecule has 0 bridgehead atoms. The van der Waals surface area contributed by atoms with Gasteiger partial charge in [-0.25, -0.2) is 13.2 Å². The molecule has 1 saturated heterocycles. The maximum Gasteiger partial charge on any atom is 0.407 e. The van der Waals surface area contributed by atoms with Gasteiger partial charge < -0.3 is 31.4 Å². The number of amides is 1. The van der Waals surface area contributed by atoms with Crippen LogP contribution in [0.15, 0.2) is 59.5 Å². The number of hydrogen-bond acceptors (Lipinski definition) is 8. The number of unbranched alkanes of at least 4 members (excludes halogenated alkanes) is 1. The van der Waals surface area contributed by atoms with Crippen molar-refractivity contribution < 1.29 is 27.8 Å². The van der Waals surface area contributed by atoms with Crippen LogP contribution < -0.4 is 16.8 Å². The highest BCUT2D eigenvalue weighted by Crippen LogP contribution is 2.29. The Hall–Kier alpha value is -2.70. The van der Waals surface area contributed by atoms with Gasteiger partial charge in [0.2, 0.25) is 10.0 Å². The minimum absolute atomic E-state index is 0.0832. The van der Waals surface area contributed by atoms with Gasteiger partial charge >= 0.3 is 6.09 Å². The molecule has 0 radical (unpaired) electrons. The molecular weight excluding hydrogens is 532 g/mol. The van der Waals surface area contributed by atoms with E-state index in [1.807, 2.05) is 44.2 Å². The Kier molecular flexibility index (Phi) is 11.8. The number of benzene rings is 2. The third-order valence-corrected chi connectivity index (χ3v) is 8.87. The minimum atomic E-state index is -4.00. The molecule has 3 atom stereocenters. The SMILES string of the molecule is CC(C)(CCCCN)CN(CC(O)C(Cc1ccccc1)NC(=O)OC1CCOC1)S(=O)(=O)c1ccc(N)cc1. The monoisotopic (exact) mass is 576 g/mol. The first-order chi connectivity index (χ1) is 19.0. The number of hydrogen-bond donors (Lipinski definition) is 4. The average Bonchev–Trinajstić information content (AvgIpc) is 3.41. The van der Waals surface area contributed by atoms with Crippen LogP contribution in [0.25, 0.3) is 0 Å². The summed E-state index contributed by atoms with van der Waals surface area (Å²) in [5, 5.41) is 14.3. The predicted molar refractivity (Wildman–Crippen MR) is 155 cm³/mol. The Morgan fingerprint density at radius 2 is 1.88 bits per heavy atom. The number of anilines is 1. The summed E-state index contributed by atoms with van der Waals surface area (Å²) in [5.74, 6) is 0. The second-order valence-electron chi connectivity index (χ2n) is 11.2. The lowest BCUT2D eigenvalue weighted by atomic mass is 9.87. The molecule has 40 heavy (non-hydrogen) atoms. The molecule has 1 aliphatic heterocycles. The van der Waals surface area contributed by atoms with Gasteiger partial charge in [0.1, 0.15) is 6.10 Å². The maximum atomic E-state index is 13.8. The second kappa shape index (κ2) is 14.8. The number of nitrogens with one attached hydrogen (secondary N) is 1. The Balaban J connectivity index is 1.85. The highest BCUT2D eigenvalue weighted by Gasteiger charge is 2.35. The van der Waals surface area contributed by atoms with Crippen molar-refractivity contribution in [2.75, 3.05) is 38.6 Å². The van der Waals surface area contributed by atoms with E-state index in [-0.39, 0.29) is 35.9 Å². The number of nitrogens with zero attached hydrogens (tertiary/aromatic N) is 1. The molecule has 0 aromatic heterocycles. The van der Waals surface area contributed by atoms with Crippen LogP contribution in [0.1, 0.15) is 45.1 Å². The van der Waals surface area contributed by atoms with E-state index >= 15 is 0 Å². The molecular formula is C29H44N4O6S. The summed E-state index contributed by atoms with van der Waals surface area (Å²) in [6.07, 6.45) is 1.09. The number of rotatable bonds is 15. The summed E-state index contributed by atoms with van der Waals surface area (Å²) >= 11 is 0. The van der Waals surface area contributed by atoms with Crippen LogP contribution in [0.4, 0.5) is 10.5 Å². The lowest BCUT2D eigenvalue weighted by molar-refractivity contribution is 0.0623. The lowest BCUT2D eigenvalue weighted by Crippen LogP contribution is -2.52. The number of sulfonamides is 1. The highest BCUT2D eigenvalue weighted by atomic mass is 32.2. The summed E-state index contributed by atoms with van der Waals surface area (Å²) in [6.45, 7) is 5.36. The largest absolute Gasteiger partial charge is 0.444 e. The zero-order valence-electron chi connectivity index (χ0n) is 23.5. The van der Waals surface area contributed by atoms with Crippen molar-refractivity contribution in [2.45, 2.75) is 69.1 Å². The Labute approximate surface area is 238 Å². The smallest absolute Gasteiger partial charge is 0.407 e. The van der Waals surface area contributed by atoms with Crippen LogP contribution in [-0.4, -0.2) is 75.0 Å². The van der Waals surface area contributed by atoms with Crippen molar-refractivity contribution in [1.82, 2.24) is 9.62 Å². The number of ether oxygens (including phenoxy) is 2. The molecule has 1 aliphatic rings. The number of nitrogens with two attached hydrogens (primary N) is 2. The summed E-state index contributed by atoms with van der Waals surface area (Å²) in [6, 6.07) is 14.6. The standard InChI is InChI=1S/C29H44N4O6S/c1-29(2,15-6-7-16-30)21-33(40(36,37)25-12-10-23(31)11-13-25)19-27(34)26(18-22-8-4-3-5-9-22)32-28(35)39-24-14-17-38-20-24/h3-5,8-13,24,26-27,34H,6-7,14-21,30-31H2,1-2H3,(H,32,35). The van der Waals surface area contributed by atoms with Crippen molar-refractivity contribution in [2.24, 2.45) is 11.1 Å². The molecule has 2 aromatic carbocycles. The van der Waals surface area contributed by atoms with Gasteiger partial charge in [-0.2, -0.15) is 4.31 Å². The molecule has 0 saturated carbocycles. The van der Waals surface area contributed by atoms with E-state index in [2.05, 4.69) is 5.32 Å². The molecule has 3 rings (SSSR count). The van der Waals surface area contributed by atoms with Gasteiger partial charge in [0.05, 0.1) is 30.3 Å². The van der Waals surface area contributed by atoms with E-state index in [0.29, 0.717) is 31.9 Å². The Morgan fingerprint density at radius 3 is 2.50 bits per heavy atom. The van der Waals surface area contributed by atoms with Crippen molar-refractivity contribution in [3.63, 3.8) is 0 Å². The fourth-order valence-electron chi connectivity index (χ4n) is 4.77. The van der Waals surface area contributed by atoms with Gasteiger partial charge in [-0.15, -0.1) is 0 Å². The molecule has 3 unspecified atom stereocenters. The van der Waals surface area contributed by atoms with Crippen molar-refractivity contribution >= 4 is 21.8 Å². The first kappa shape index (κ1) is 31.8. The van der Waals surface area contributed by atoms with E-state index < -0.39 is 28.3 Å². The molecule has 0 aliphatic carbocycles. The van der Waals surface area contributed by atoms with E-state index in [4.69, 9.17) is 20.9 Å². The molecule has 0 spiro atoms. The quantitative estimate of drug-likeness (QED) is 0.186. The summed E-state index contributed by atoms with van der Waals surface area (Å²) in [7, 11) is -4.00. The predicted octanol–water partition coefficient (Wildman–Crippen LogP) is 2.90. The molecule has 2 aromatic rings. The van der Waals surface area contributed by atoms with E-state index in [0.717, 1.165) is 24.8 Å². The maximum absolute atomic E-state index is 13.8. The normalized spacial score (nSPS) is 17.5. The average molecular weight is 577 g/mol. The number of carbonyl (C=O) groups is 1. The van der Waals surface area contributed by atoms with Gasteiger partial charge in [0.25, 0.3) is 0 Å². The molecule has 10 nitrogen and oxygen atoms in total. The summed E-state index contributed by atoms with van der Waals surface area (Å²) in [4.78, 5) is 12.8. The van der Waals surface area contributed by atoms with E-state index in [9.17, 15) is 18.3 Å². The number of aliphatic hydroxyl groups excluding tert-OH is 1. The lowest BCUT2D eigenvalue weighted by Gasteiger charge is -2.35. The Bertz CT molecular complexity index is 1150. The van der Waals surface area contributed by atoms with Crippen LogP contribution in [0, 0.1) is 5.41 Å². The van der Waals surface area contributed by atoms with Crippen molar-refractivity contribution in [1.29, 1.82) is 0 Å². The first-order valence-corrected chi connectivity index (χ1v) is 15.3. The van der Waals surface area contributed by atoms with E-state index in [1.165, 1.54) is 28.6 Å². The van der Waals surface area contributed by atoms with Crippen LogP contribution in [0.5, 0.6) is 0 Å². The van der Waals surface area contributed by atoms with Gasteiger partial charge in [-0.1, -0.05) is 50.6 Å². The molecule has 6 N–H and O–H groups in total. The molecule has 1 fully saturated rings. The van der Waals surface area contributed by atoms with E-state index in [1.54, 1.807) is 0 Å². The van der Waals surface area contributed by atoms with Crippen molar-refractivity contribution in [3.8, 4) is 0 Å². The minimum Gasteiger partial charge on any atom is -0.444 e. The number of nitrogen functional groups attached to an aromatic ring is 1.